The molecular weight excluding hydrogens is 804 g/mol. The summed E-state index contributed by atoms with van der Waals surface area (Å²) >= 11 is 11.5. The highest BCUT2D eigenvalue weighted by molar-refractivity contribution is 14.1. The largest absolute Gasteiger partial charge is 0.396 e. The Morgan fingerprint density at radius 2 is 1.05 bits per heavy atom. The number of nitrogens with zero attached hydrogens (tertiary/aromatic N) is 3. The molecule has 3 aromatic carbocycles. The van der Waals surface area contributed by atoms with Crippen molar-refractivity contribution in [1.82, 2.24) is 0 Å². The van der Waals surface area contributed by atoms with Gasteiger partial charge in [0.15, 0.2) is 0 Å². The average Bonchev–Trinajstić information content (AvgIpc) is 3.03. The number of aliphatic hydroxyl groups excluding tert-OH is 4. The summed E-state index contributed by atoms with van der Waals surface area (Å²) in [6.07, 6.45) is 0. The summed E-state index contributed by atoms with van der Waals surface area (Å²) in [5, 5.41) is 57.2. The second kappa shape index (κ2) is 31.4. The molecule has 7 nitrogen and oxygen atoms in total. The van der Waals surface area contributed by atoms with E-state index >= 15 is 0 Å². The van der Waals surface area contributed by atoms with Crippen molar-refractivity contribution < 1.29 is 20.4 Å². The summed E-state index contributed by atoms with van der Waals surface area (Å²) in [6.45, 7) is 0.102. The van der Waals surface area contributed by atoms with E-state index in [0.717, 1.165) is 29.8 Å². The molecule has 3 rings (SSSR count). The molecule has 0 aliphatic carbocycles. The van der Waals surface area contributed by atoms with Crippen LogP contribution in [0.5, 0.6) is 0 Å². The molecule has 4 N–H and O–H groups in total. The van der Waals surface area contributed by atoms with E-state index in [4.69, 9.17) is 36.2 Å². The number of thiol groups is 1. The summed E-state index contributed by atoms with van der Waals surface area (Å²) in [4.78, 5) is 2.22. The Bertz CT molecular complexity index is 1130. The number of thioether (sulfide) groups is 2. The van der Waals surface area contributed by atoms with Crippen molar-refractivity contribution in [2.24, 2.45) is 0 Å². The third kappa shape index (κ3) is 25.9. The lowest BCUT2D eigenvalue weighted by Gasteiger charge is -1.98. The van der Waals surface area contributed by atoms with Gasteiger partial charge in [0, 0.05) is 35.0 Å². The van der Waals surface area contributed by atoms with Gasteiger partial charge in [-0.1, -0.05) is 40.8 Å². The van der Waals surface area contributed by atoms with Gasteiger partial charge in [-0.2, -0.15) is 28.4 Å². The SMILES string of the molecule is N#Cc1cccc(I)c1.N#Cc1cccc(SCCI)c1.N#Cc1cccc(SCCO)c1.OCCO.OCCS. The smallest absolute Gasteiger partial charge is 0.0992 e. The first-order valence-corrected chi connectivity index (χ1v) is 17.1. The first-order chi connectivity index (χ1) is 19.9. The fraction of sp³-hybridized carbons (Fsp3) is 0.276. The van der Waals surface area contributed by atoms with Gasteiger partial charge in [-0.25, -0.2) is 0 Å². The summed E-state index contributed by atoms with van der Waals surface area (Å²) < 4.78 is 2.24. The molecule has 0 heterocycles. The number of aliphatic hydroxyl groups is 4. The van der Waals surface area contributed by atoms with Crippen molar-refractivity contribution in [1.29, 1.82) is 15.8 Å². The van der Waals surface area contributed by atoms with Gasteiger partial charge >= 0.3 is 0 Å². The zero-order valence-corrected chi connectivity index (χ0v) is 29.1. The van der Waals surface area contributed by atoms with Crippen LogP contribution in [-0.2, 0) is 0 Å². The normalized spacial score (nSPS) is 8.78. The van der Waals surface area contributed by atoms with Crippen molar-refractivity contribution in [3.05, 3.63) is 93.1 Å². The monoisotopic (exact) mass is 837 g/mol. The van der Waals surface area contributed by atoms with E-state index < -0.39 is 0 Å². The van der Waals surface area contributed by atoms with Crippen LogP contribution in [-0.4, -0.2) is 68.5 Å². The van der Waals surface area contributed by atoms with Crippen molar-refractivity contribution >= 4 is 81.3 Å². The molecule has 0 aliphatic heterocycles. The first-order valence-electron chi connectivity index (χ1n) is 11.9. The van der Waals surface area contributed by atoms with E-state index in [0.29, 0.717) is 17.1 Å². The van der Waals surface area contributed by atoms with Gasteiger partial charge in [-0.15, -0.1) is 23.5 Å². The van der Waals surface area contributed by atoms with Crippen molar-refractivity contribution in [2.45, 2.75) is 9.79 Å². The van der Waals surface area contributed by atoms with E-state index in [1.54, 1.807) is 35.7 Å². The van der Waals surface area contributed by atoms with Crippen LogP contribution in [0.2, 0.25) is 0 Å². The lowest BCUT2D eigenvalue weighted by atomic mass is 10.2. The molecule has 0 saturated carbocycles. The maximum absolute atomic E-state index is 8.63. The van der Waals surface area contributed by atoms with Gasteiger partial charge in [0.05, 0.1) is 61.3 Å². The first kappa shape index (κ1) is 41.6. The van der Waals surface area contributed by atoms with E-state index in [2.05, 4.69) is 76.0 Å². The van der Waals surface area contributed by atoms with Gasteiger partial charge in [0.25, 0.3) is 0 Å². The molecule has 41 heavy (non-hydrogen) atoms. The predicted octanol–water partition coefficient (Wildman–Crippen LogP) is 5.77. The Balaban J connectivity index is 0. The predicted molar refractivity (Wildman–Crippen MR) is 189 cm³/mol. The molecule has 0 fully saturated rings. The fourth-order valence-corrected chi connectivity index (χ4v) is 4.80. The Kier molecular flexibility index (Phi) is 31.9. The Labute approximate surface area is 284 Å². The zero-order valence-electron chi connectivity index (χ0n) is 22.2. The molecule has 0 aromatic heterocycles. The minimum Gasteiger partial charge on any atom is -0.396 e. The standard InChI is InChI=1S/C9H8INS.C9H9NOS.C7H4IN.C2H6O2.C2H6OS/c10-4-5-12-9-3-1-2-8(6-9)7-11;10-7-8-2-1-3-9(6-8)12-5-4-11;8-7-3-1-2-6(4-7)5-9;2*3-1-2-4/h1-3,6H,4-5H2;1-3,6,11H,4-5H2;1-4H;2*3-4H,1-2H2. The summed E-state index contributed by atoms with van der Waals surface area (Å²) in [6, 6.07) is 28.8. The van der Waals surface area contributed by atoms with Crippen molar-refractivity contribution in [3.8, 4) is 18.2 Å². The molecule has 0 aliphatic rings. The molecule has 0 spiro atoms. The second-order valence-corrected chi connectivity index (χ2v) is 12.0. The molecule has 12 heteroatoms. The minimum atomic E-state index is -0.125. The maximum Gasteiger partial charge on any atom is 0.0992 e. The average molecular weight is 838 g/mol. The lowest BCUT2D eigenvalue weighted by molar-refractivity contribution is 0.186. The Morgan fingerprint density at radius 1 is 0.634 bits per heavy atom. The number of benzene rings is 3. The van der Waals surface area contributed by atoms with Crippen LogP contribution < -0.4 is 0 Å². The summed E-state index contributed by atoms with van der Waals surface area (Å²) in [7, 11) is 0. The van der Waals surface area contributed by atoms with Crippen LogP contribution >= 0.6 is 81.3 Å². The molecule has 3 aromatic rings. The topological polar surface area (TPSA) is 152 Å². The van der Waals surface area contributed by atoms with E-state index in [-0.39, 0.29) is 26.4 Å². The van der Waals surface area contributed by atoms with Gasteiger partial charge in [-0.05, 0) is 77.2 Å². The van der Waals surface area contributed by atoms with Crippen LogP contribution in [0.3, 0.4) is 0 Å². The maximum atomic E-state index is 8.63. The molecule has 0 amide bonds. The summed E-state index contributed by atoms with van der Waals surface area (Å²) in [5.41, 5.74) is 2.13. The Morgan fingerprint density at radius 3 is 1.37 bits per heavy atom. The van der Waals surface area contributed by atoms with Crippen LogP contribution in [0.4, 0.5) is 0 Å². The highest BCUT2D eigenvalue weighted by atomic mass is 127. The molecule has 0 radical (unpaired) electrons. The number of hydrogen-bond acceptors (Lipinski definition) is 10. The zero-order chi connectivity index (χ0) is 31.1. The van der Waals surface area contributed by atoms with E-state index in [1.807, 2.05) is 60.7 Å². The number of nitriles is 3. The number of hydrogen-bond donors (Lipinski definition) is 5. The highest BCUT2D eigenvalue weighted by Gasteiger charge is 1.95. The number of rotatable bonds is 8. The molecular formula is C29H33I2N3O4S3. The van der Waals surface area contributed by atoms with Crippen molar-refractivity contribution in [2.75, 3.05) is 48.1 Å². The van der Waals surface area contributed by atoms with Gasteiger partial charge in [-0.3, -0.25) is 0 Å². The second-order valence-electron chi connectivity index (χ2n) is 6.91. The minimum absolute atomic E-state index is 0.125. The third-order valence-electron chi connectivity index (χ3n) is 3.79. The Hall–Kier alpha value is -1.52. The highest BCUT2D eigenvalue weighted by Crippen LogP contribution is 2.19. The van der Waals surface area contributed by atoms with Crippen LogP contribution in [0.25, 0.3) is 0 Å². The lowest BCUT2D eigenvalue weighted by Crippen LogP contribution is -1.85. The fourth-order valence-electron chi connectivity index (χ4n) is 2.19. The van der Waals surface area contributed by atoms with E-state index in [9.17, 15) is 0 Å². The third-order valence-corrected chi connectivity index (χ3v) is 7.90. The quantitative estimate of drug-likeness (QED) is 0.0825. The van der Waals surface area contributed by atoms with Gasteiger partial charge in [0.1, 0.15) is 0 Å². The summed E-state index contributed by atoms with van der Waals surface area (Å²) in [5.74, 6) is 2.35. The molecule has 0 atom stereocenters. The molecule has 0 unspecified atom stereocenters. The van der Waals surface area contributed by atoms with Crippen LogP contribution in [0.1, 0.15) is 16.7 Å². The van der Waals surface area contributed by atoms with Crippen LogP contribution in [0.15, 0.2) is 82.6 Å². The molecule has 220 valence electrons. The molecule has 0 bridgehead atoms. The molecule has 0 saturated heterocycles. The van der Waals surface area contributed by atoms with Gasteiger partial charge < -0.3 is 20.4 Å². The van der Waals surface area contributed by atoms with E-state index in [1.165, 1.54) is 4.90 Å². The van der Waals surface area contributed by atoms with Gasteiger partial charge in [0.2, 0.25) is 0 Å². The van der Waals surface area contributed by atoms with Crippen molar-refractivity contribution in [3.63, 3.8) is 0 Å². The number of halogens is 2. The van der Waals surface area contributed by atoms with Crippen LogP contribution in [0, 0.1) is 37.6 Å². The number of alkyl halides is 1.